The molecule has 0 atom stereocenters. The van der Waals surface area contributed by atoms with Crippen molar-refractivity contribution in [2.75, 3.05) is 19.3 Å². The Morgan fingerprint density at radius 3 is 2.67 bits per heavy atom. The number of aromatic nitrogens is 2. The van der Waals surface area contributed by atoms with E-state index in [0.29, 0.717) is 13.0 Å². The Labute approximate surface area is 158 Å². The summed E-state index contributed by atoms with van der Waals surface area (Å²) in [5.41, 5.74) is 2.95. The second kappa shape index (κ2) is 8.32. The lowest BCUT2D eigenvalue weighted by molar-refractivity contribution is -0.121. The maximum absolute atomic E-state index is 12.2. The minimum absolute atomic E-state index is 0.136. The quantitative estimate of drug-likeness (QED) is 0.616. The number of nitrogens with zero attached hydrogens (tertiary/aromatic N) is 2. The monoisotopic (exact) mass is 386 g/mol. The molecular weight excluding hydrogens is 364 g/mol. The normalized spacial score (nSPS) is 11.8. The fourth-order valence-electron chi connectivity index (χ4n) is 2.87. The highest BCUT2D eigenvalue weighted by Gasteiger charge is 2.20. The van der Waals surface area contributed by atoms with Crippen LogP contribution >= 0.6 is 0 Å². The van der Waals surface area contributed by atoms with E-state index in [1.165, 1.54) is 0 Å². The van der Waals surface area contributed by atoms with E-state index in [2.05, 4.69) is 15.3 Å². The molecule has 0 aliphatic rings. The molecule has 0 aliphatic carbocycles. The lowest BCUT2D eigenvalue weighted by Crippen LogP contribution is -2.40. The van der Waals surface area contributed by atoms with Gasteiger partial charge in [-0.15, -0.1) is 0 Å². The van der Waals surface area contributed by atoms with Crippen LogP contribution in [0.1, 0.15) is 11.1 Å². The van der Waals surface area contributed by atoms with E-state index in [-0.39, 0.29) is 19.0 Å². The maximum Gasteiger partial charge on any atom is 0.235 e. The fraction of sp³-hybridized carbons (Fsp3) is 0.263. The minimum atomic E-state index is -3.51. The van der Waals surface area contributed by atoms with Crippen molar-refractivity contribution in [3.05, 3.63) is 66.1 Å². The smallest absolute Gasteiger partial charge is 0.235 e. The molecule has 8 heteroatoms. The summed E-state index contributed by atoms with van der Waals surface area (Å²) in [4.78, 5) is 19.4. The molecule has 1 amide bonds. The molecule has 0 fully saturated rings. The zero-order valence-electron chi connectivity index (χ0n) is 15.1. The first kappa shape index (κ1) is 19.1. The molecule has 27 heavy (non-hydrogen) atoms. The van der Waals surface area contributed by atoms with Crippen molar-refractivity contribution in [3.63, 3.8) is 0 Å². The highest BCUT2D eigenvalue weighted by atomic mass is 32.2. The van der Waals surface area contributed by atoms with Gasteiger partial charge in [0.25, 0.3) is 0 Å². The number of amides is 1. The molecule has 2 aromatic heterocycles. The number of benzene rings is 1. The van der Waals surface area contributed by atoms with Gasteiger partial charge in [-0.1, -0.05) is 18.2 Å². The maximum atomic E-state index is 12.2. The molecular formula is C19H22N4O3S. The van der Waals surface area contributed by atoms with Gasteiger partial charge in [0.15, 0.2) is 0 Å². The number of nitrogens with one attached hydrogen (secondary N) is 2. The average Bonchev–Trinajstić information content (AvgIpc) is 3.05. The van der Waals surface area contributed by atoms with E-state index in [4.69, 9.17) is 0 Å². The predicted octanol–water partition coefficient (Wildman–Crippen LogP) is 1.68. The summed E-state index contributed by atoms with van der Waals surface area (Å²) in [6.45, 7) is 0.361. The SMILES string of the molecule is CS(=O)(=O)N(CC(=O)NCCc1c[nH]c2ccccc12)Cc1ccncc1. The van der Waals surface area contributed by atoms with Gasteiger partial charge in [0.05, 0.1) is 12.8 Å². The van der Waals surface area contributed by atoms with Gasteiger partial charge in [0, 0.05) is 42.6 Å². The Hall–Kier alpha value is -2.71. The molecule has 0 spiro atoms. The van der Waals surface area contributed by atoms with Crippen molar-refractivity contribution in [2.24, 2.45) is 0 Å². The van der Waals surface area contributed by atoms with Crippen LogP contribution in [0.25, 0.3) is 10.9 Å². The van der Waals surface area contributed by atoms with Crippen LogP contribution in [0.5, 0.6) is 0 Å². The first-order chi connectivity index (χ1) is 12.9. The molecule has 0 bridgehead atoms. The summed E-state index contributed by atoms with van der Waals surface area (Å²) >= 11 is 0. The number of carbonyl (C=O) groups is 1. The summed E-state index contributed by atoms with van der Waals surface area (Å²) in [5, 5.41) is 3.93. The van der Waals surface area contributed by atoms with Gasteiger partial charge in [0.2, 0.25) is 15.9 Å². The summed E-state index contributed by atoms with van der Waals surface area (Å²) < 4.78 is 25.2. The van der Waals surface area contributed by atoms with Gasteiger partial charge in [0.1, 0.15) is 0 Å². The van der Waals surface area contributed by atoms with Gasteiger partial charge in [-0.05, 0) is 35.7 Å². The molecule has 0 saturated heterocycles. The van der Waals surface area contributed by atoms with Crippen molar-refractivity contribution in [2.45, 2.75) is 13.0 Å². The Morgan fingerprint density at radius 1 is 1.19 bits per heavy atom. The van der Waals surface area contributed by atoms with E-state index < -0.39 is 10.0 Å². The highest BCUT2D eigenvalue weighted by molar-refractivity contribution is 7.88. The van der Waals surface area contributed by atoms with Gasteiger partial charge < -0.3 is 10.3 Å². The van der Waals surface area contributed by atoms with Crippen molar-refractivity contribution in [1.82, 2.24) is 19.6 Å². The van der Waals surface area contributed by atoms with Crippen molar-refractivity contribution >= 4 is 26.8 Å². The van der Waals surface area contributed by atoms with E-state index in [1.54, 1.807) is 24.5 Å². The number of H-pyrrole nitrogens is 1. The first-order valence-corrected chi connectivity index (χ1v) is 10.4. The molecule has 1 aromatic carbocycles. The second-order valence-corrected chi connectivity index (χ2v) is 8.33. The van der Waals surface area contributed by atoms with Crippen LogP contribution in [0.4, 0.5) is 0 Å². The molecule has 7 nitrogen and oxygen atoms in total. The van der Waals surface area contributed by atoms with Gasteiger partial charge in [-0.3, -0.25) is 9.78 Å². The van der Waals surface area contributed by atoms with E-state index in [9.17, 15) is 13.2 Å². The number of pyridine rings is 1. The third kappa shape index (κ3) is 5.15. The zero-order valence-corrected chi connectivity index (χ0v) is 15.9. The van der Waals surface area contributed by atoms with Crippen LogP contribution in [0.2, 0.25) is 0 Å². The molecule has 0 aliphatic heterocycles. The van der Waals surface area contributed by atoms with Crippen LogP contribution in [0, 0.1) is 0 Å². The van der Waals surface area contributed by atoms with Crippen molar-refractivity contribution in [1.29, 1.82) is 0 Å². The number of aromatic amines is 1. The zero-order chi connectivity index (χ0) is 19.3. The van der Waals surface area contributed by atoms with E-state index in [1.807, 2.05) is 30.5 Å². The Bertz CT molecular complexity index is 1020. The Kier molecular flexibility index (Phi) is 5.88. The molecule has 0 radical (unpaired) electrons. The van der Waals surface area contributed by atoms with Crippen LogP contribution in [0.15, 0.2) is 55.0 Å². The Morgan fingerprint density at radius 2 is 1.93 bits per heavy atom. The number of hydrogen-bond acceptors (Lipinski definition) is 4. The van der Waals surface area contributed by atoms with Crippen molar-refractivity contribution in [3.8, 4) is 0 Å². The number of rotatable bonds is 8. The van der Waals surface area contributed by atoms with Crippen LogP contribution in [0.3, 0.4) is 0 Å². The summed E-state index contributed by atoms with van der Waals surface area (Å²) in [5.74, 6) is -0.325. The van der Waals surface area contributed by atoms with E-state index >= 15 is 0 Å². The molecule has 3 aromatic rings. The number of fused-ring (bicyclic) bond motifs is 1. The lowest BCUT2D eigenvalue weighted by atomic mass is 10.1. The molecule has 0 unspecified atom stereocenters. The molecule has 3 rings (SSSR count). The first-order valence-electron chi connectivity index (χ1n) is 8.59. The second-order valence-electron chi connectivity index (χ2n) is 6.35. The summed E-state index contributed by atoms with van der Waals surface area (Å²) in [6.07, 6.45) is 6.89. The number of hydrogen-bond donors (Lipinski definition) is 2. The largest absolute Gasteiger partial charge is 0.361 e. The number of carbonyl (C=O) groups excluding carboxylic acids is 1. The molecule has 2 heterocycles. The fourth-order valence-corrected chi connectivity index (χ4v) is 3.61. The topological polar surface area (TPSA) is 95.2 Å². The molecule has 2 N–H and O–H groups in total. The average molecular weight is 386 g/mol. The highest BCUT2D eigenvalue weighted by Crippen LogP contribution is 2.17. The summed E-state index contributed by atoms with van der Waals surface area (Å²) in [7, 11) is -3.51. The van der Waals surface area contributed by atoms with Crippen molar-refractivity contribution < 1.29 is 13.2 Å². The van der Waals surface area contributed by atoms with Crippen LogP contribution in [-0.4, -0.2) is 47.9 Å². The van der Waals surface area contributed by atoms with Gasteiger partial charge >= 0.3 is 0 Å². The molecule has 142 valence electrons. The van der Waals surface area contributed by atoms with E-state index in [0.717, 1.165) is 32.6 Å². The third-order valence-corrected chi connectivity index (χ3v) is 5.48. The number of sulfonamides is 1. The van der Waals surface area contributed by atoms with Crippen LogP contribution in [-0.2, 0) is 27.8 Å². The predicted molar refractivity (Wildman–Crippen MR) is 105 cm³/mol. The number of para-hydroxylation sites is 1. The summed E-state index contributed by atoms with van der Waals surface area (Å²) in [6, 6.07) is 11.4. The minimum Gasteiger partial charge on any atom is -0.361 e. The molecule has 0 saturated carbocycles. The van der Waals surface area contributed by atoms with Crippen LogP contribution < -0.4 is 5.32 Å². The van der Waals surface area contributed by atoms with Gasteiger partial charge in [-0.2, -0.15) is 4.31 Å². The Balaban J connectivity index is 1.56. The third-order valence-electron chi connectivity index (χ3n) is 4.29. The standard InChI is InChI=1S/C19H22N4O3S/c1-27(25,26)23(13-15-6-9-20-10-7-15)14-19(24)21-11-8-16-12-22-18-5-3-2-4-17(16)18/h2-7,9-10,12,22H,8,11,13-14H2,1H3,(H,21,24). The van der Waals surface area contributed by atoms with Gasteiger partial charge in [-0.25, -0.2) is 8.42 Å². The lowest BCUT2D eigenvalue weighted by Gasteiger charge is -2.19.